The highest BCUT2D eigenvalue weighted by Gasteiger charge is 2.52. The van der Waals surface area contributed by atoms with E-state index in [2.05, 4.69) is 253 Å². The second-order valence-electron chi connectivity index (χ2n) is 18.0. The maximum absolute atomic E-state index is 7.04. The molecule has 320 valence electrons. The van der Waals surface area contributed by atoms with Crippen LogP contribution < -0.4 is 14.5 Å². The van der Waals surface area contributed by atoms with Crippen molar-refractivity contribution in [3.05, 3.63) is 264 Å². The molecule has 0 N–H and O–H groups in total. The zero-order chi connectivity index (χ0) is 44.9. The SMILES string of the molecule is Cc1ccc(N(c2ccccc2)c2cccc3c2C2(c4ccccc4O3)c3ccccc3-c3ccccc32)c2sc3ccc(N(c4ccc5ccccc5c4)c4ccc5ccccc5c4)cc3c12. The maximum atomic E-state index is 7.04. The Kier molecular flexibility index (Phi) is 8.58. The van der Waals surface area contributed by atoms with Crippen LogP contribution in [0.2, 0.25) is 0 Å². The van der Waals surface area contributed by atoms with Crippen molar-refractivity contribution >= 4 is 87.2 Å². The highest BCUT2D eigenvalue weighted by molar-refractivity contribution is 7.26. The lowest BCUT2D eigenvalue weighted by atomic mass is 9.65. The molecule has 68 heavy (non-hydrogen) atoms. The summed E-state index contributed by atoms with van der Waals surface area (Å²) in [5.41, 5.74) is 14.6. The second kappa shape index (κ2) is 15.0. The Hall–Kier alpha value is -8.44. The van der Waals surface area contributed by atoms with Crippen LogP contribution in [0.4, 0.5) is 34.1 Å². The van der Waals surface area contributed by atoms with Gasteiger partial charge < -0.3 is 14.5 Å². The molecule has 2 heterocycles. The maximum Gasteiger partial charge on any atom is 0.134 e. The average molecular weight is 887 g/mol. The Morgan fingerprint density at radius 3 is 1.65 bits per heavy atom. The van der Waals surface area contributed by atoms with Gasteiger partial charge in [-0.15, -0.1) is 11.3 Å². The predicted molar refractivity (Wildman–Crippen MR) is 286 cm³/mol. The zero-order valence-electron chi connectivity index (χ0n) is 37.2. The summed E-state index contributed by atoms with van der Waals surface area (Å²) in [6, 6.07) is 86.7. The van der Waals surface area contributed by atoms with Crippen molar-refractivity contribution in [2.24, 2.45) is 0 Å². The predicted octanol–water partition coefficient (Wildman–Crippen LogP) is 18.1. The molecule has 0 fully saturated rings. The molecule has 0 radical (unpaired) electrons. The van der Waals surface area contributed by atoms with Crippen LogP contribution in [0.15, 0.2) is 237 Å². The van der Waals surface area contributed by atoms with E-state index in [0.717, 1.165) is 56.8 Å². The lowest BCUT2D eigenvalue weighted by Crippen LogP contribution is -2.34. The number of anilines is 6. The van der Waals surface area contributed by atoms with Gasteiger partial charge in [-0.05, 0) is 135 Å². The number of fused-ring (bicyclic) bond motifs is 14. The first-order valence-electron chi connectivity index (χ1n) is 23.3. The van der Waals surface area contributed by atoms with Crippen LogP contribution in [0.5, 0.6) is 11.5 Å². The van der Waals surface area contributed by atoms with Gasteiger partial charge in [0.2, 0.25) is 0 Å². The lowest BCUT2D eigenvalue weighted by molar-refractivity contribution is 0.437. The fourth-order valence-electron chi connectivity index (χ4n) is 11.5. The molecule has 12 aromatic rings. The molecular weight excluding hydrogens is 845 g/mol. The highest BCUT2D eigenvalue weighted by Crippen LogP contribution is 2.65. The fourth-order valence-corrected chi connectivity index (χ4v) is 12.7. The van der Waals surface area contributed by atoms with Gasteiger partial charge in [0.15, 0.2) is 0 Å². The van der Waals surface area contributed by atoms with E-state index in [1.165, 1.54) is 69.5 Å². The van der Waals surface area contributed by atoms with Crippen molar-refractivity contribution in [3.63, 3.8) is 0 Å². The van der Waals surface area contributed by atoms with Gasteiger partial charge in [-0.25, -0.2) is 0 Å². The highest BCUT2D eigenvalue weighted by atomic mass is 32.1. The van der Waals surface area contributed by atoms with Crippen molar-refractivity contribution in [2.45, 2.75) is 12.3 Å². The van der Waals surface area contributed by atoms with Gasteiger partial charge in [-0.3, -0.25) is 0 Å². The van der Waals surface area contributed by atoms with Crippen LogP contribution in [0.1, 0.15) is 27.8 Å². The quantitative estimate of drug-likeness (QED) is 0.165. The Bertz CT molecular complexity index is 3880. The second-order valence-corrected chi connectivity index (χ2v) is 19.1. The molecule has 1 aliphatic carbocycles. The van der Waals surface area contributed by atoms with Crippen LogP contribution in [-0.2, 0) is 5.41 Å². The van der Waals surface area contributed by atoms with Crippen LogP contribution in [-0.4, -0.2) is 0 Å². The number of thiophene rings is 1. The Morgan fingerprint density at radius 2 is 0.956 bits per heavy atom. The molecule has 14 rings (SSSR count). The number of aryl methyl sites for hydroxylation is 1. The number of ether oxygens (including phenoxy) is 1. The van der Waals surface area contributed by atoms with Crippen molar-refractivity contribution in [1.29, 1.82) is 0 Å². The smallest absolute Gasteiger partial charge is 0.134 e. The van der Waals surface area contributed by atoms with E-state index in [4.69, 9.17) is 4.74 Å². The van der Waals surface area contributed by atoms with Gasteiger partial charge in [-0.1, -0.05) is 158 Å². The van der Waals surface area contributed by atoms with E-state index in [1.54, 1.807) is 0 Å². The molecule has 1 aliphatic heterocycles. The molecule has 4 heteroatoms. The van der Waals surface area contributed by atoms with Crippen molar-refractivity contribution < 1.29 is 4.74 Å². The third kappa shape index (κ3) is 5.65. The summed E-state index contributed by atoms with van der Waals surface area (Å²) in [6.45, 7) is 2.26. The largest absolute Gasteiger partial charge is 0.457 e. The number of hydrogen-bond donors (Lipinski definition) is 0. The number of rotatable bonds is 6. The monoisotopic (exact) mass is 886 g/mol. The summed E-state index contributed by atoms with van der Waals surface area (Å²) in [4.78, 5) is 4.91. The lowest BCUT2D eigenvalue weighted by Gasteiger charge is -2.42. The van der Waals surface area contributed by atoms with E-state index in [1.807, 2.05) is 11.3 Å². The van der Waals surface area contributed by atoms with Crippen molar-refractivity contribution in [1.82, 2.24) is 0 Å². The first kappa shape index (κ1) is 38.8. The molecule has 0 bridgehead atoms. The summed E-state index contributed by atoms with van der Waals surface area (Å²) >= 11 is 1.87. The van der Waals surface area contributed by atoms with E-state index >= 15 is 0 Å². The normalized spacial score (nSPS) is 13.0. The topological polar surface area (TPSA) is 15.7 Å². The molecule has 0 atom stereocenters. The van der Waals surface area contributed by atoms with Crippen LogP contribution in [0.3, 0.4) is 0 Å². The first-order valence-corrected chi connectivity index (χ1v) is 24.1. The number of nitrogens with zero attached hydrogens (tertiary/aromatic N) is 2. The van der Waals surface area contributed by atoms with Crippen LogP contribution in [0.25, 0.3) is 52.8 Å². The molecular formula is C64H42N2OS. The molecule has 2 aliphatic rings. The fraction of sp³-hybridized carbons (Fsp3) is 0.0312. The number of para-hydroxylation sites is 2. The zero-order valence-corrected chi connectivity index (χ0v) is 38.0. The van der Waals surface area contributed by atoms with Gasteiger partial charge in [0.1, 0.15) is 11.5 Å². The molecule has 0 saturated heterocycles. The van der Waals surface area contributed by atoms with E-state index in [0.29, 0.717) is 0 Å². The molecule has 3 nitrogen and oxygen atoms in total. The minimum atomic E-state index is -0.644. The van der Waals surface area contributed by atoms with Gasteiger partial charge >= 0.3 is 0 Å². The summed E-state index contributed by atoms with van der Waals surface area (Å²) in [6.07, 6.45) is 0. The number of benzene rings is 11. The van der Waals surface area contributed by atoms with Crippen molar-refractivity contribution in [2.75, 3.05) is 9.80 Å². The van der Waals surface area contributed by atoms with Gasteiger partial charge in [0, 0.05) is 49.3 Å². The van der Waals surface area contributed by atoms with Gasteiger partial charge in [0.05, 0.1) is 21.5 Å². The number of hydrogen-bond acceptors (Lipinski definition) is 4. The Balaban J connectivity index is 1.01. The minimum Gasteiger partial charge on any atom is -0.457 e. The van der Waals surface area contributed by atoms with E-state index in [9.17, 15) is 0 Å². The first-order chi connectivity index (χ1) is 33.6. The minimum absolute atomic E-state index is 0.644. The molecule has 11 aromatic carbocycles. The summed E-state index contributed by atoms with van der Waals surface area (Å²) in [7, 11) is 0. The molecule has 0 amide bonds. The third-order valence-corrected chi connectivity index (χ3v) is 15.6. The molecule has 0 unspecified atom stereocenters. The summed E-state index contributed by atoms with van der Waals surface area (Å²) in [5.74, 6) is 1.75. The molecule has 0 saturated carbocycles. The standard InChI is InChI=1S/C64H42N2OS/c1-41-30-36-57(63-61(41)52-40-49(35-37-60(52)68-63)65(47-33-31-42-16-5-7-18-44(42)38-47)48-34-32-43-17-6-8-19-45(43)39-48)66(46-20-3-2-4-21-46)56-27-15-29-59-62(56)64(55-26-13-14-28-58(55)67-59)53-24-11-9-22-50(53)51-23-10-12-25-54(51)64/h2-40H,1H3. The Labute approximate surface area is 399 Å². The van der Waals surface area contributed by atoms with Crippen LogP contribution >= 0.6 is 11.3 Å². The van der Waals surface area contributed by atoms with Crippen molar-refractivity contribution in [3.8, 4) is 22.6 Å². The van der Waals surface area contributed by atoms with E-state index < -0.39 is 5.41 Å². The van der Waals surface area contributed by atoms with Gasteiger partial charge in [-0.2, -0.15) is 0 Å². The third-order valence-electron chi connectivity index (χ3n) is 14.4. The Morgan fingerprint density at radius 1 is 0.397 bits per heavy atom. The van der Waals surface area contributed by atoms with E-state index in [-0.39, 0.29) is 0 Å². The summed E-state index contributed by atoms with van der Waals surface area (Å²) in [5, 5.41) is 7.37. The van der Waals surface area contributed by atoms with Crippen LogP contribution in [0, 0.1) is 6.92 Å². The molecule has 1 aromatic heterocycles. The van der Waals surface area contributed by atoms with Gasteiger partial charge in [0.25, 0.3) is 0 Å². The molecule has 1 spiro atoms. The average Bonchev–Trinajstić information content (AvgIpc) is 3.92. The summed E-state index contributed by atoms with van der Waals surface area (Å²) < 4.78 is 9.52.